The van der Waals surface area contributed by atoms with Gasteiger partial charge in [-0.2, -0.15) is 0 Å². The zero-order chi connectivity index (χ0) is 18.4. The Hall–Kier alpha value is -3.81. The molecular formula is C18H12N4O4. The Morgan fingerprint density at radius 3 is 2.35 bits per heavy atom. The second-order valence-electron chi connectivity index (χ2n) is 5.84. The molecule has 1 aromatic heterocycles. The second-order valence-corrected chi connectivity index (χ2v) is 5.84. The van der Waals surface area contributed by atoms with Crippen LogP contribution in [0.4, 0.5) is 17.3 Å². The summed E-state index contributed by atoms with van der Waals surface area (Å²) in [5.41, 5.74) is 1.46. The monoisotopic (exact) mass is 348 g/mol. The van der Waals surface area contributed by atoms with Gasteiger partial charge in [-0.05, 0) is 16.0 Å². The minimum Gasteiger partial charge on any atom is -0.358 e. The van der Waals surface area contributed by atoms with E-state index in [1.54, 1.807) is 49.5 Å². The van der Waals surface area contributed by atoms with Gasteiger partial charge in [-0.25, -0.2) is 0 Å². The number of nitrogens with zero attached hydrogens (tertiary/aromatic N) is 3. The van der Waals surface area contributed by atoms with E-state index in [0.29, 0.717) is 16.8 Å². The molecule has 0 bridgehead atoms. The molecule has 1 heterocycles. The summed E-state index contributed by atoms with van der Waals surface area (Å²) in [5, 5.41) is 14.1. The van der Waals surface area contributed by atoms with Crippen molar-refractivity contribution < 1.29 is 14.5 Å². The molecule has 0 spiro atoms. The lowest BCUT2D eigenvalue weighted by Gasteiger charge is -2.20. The van der Waals surface area contributed by atoms with E-state index in [1.807, 2.05) is 0 Å². The summed E-state index contributed by atoms with van der Waals surface area (Å²) in [5.74, 6) is -0.788. The van der Waals surface area contributed by atoms with Crippen LogP contribution in [-0.4, -0.2) is 26.0 Å². The molecule has 0 aliphatic heterocycles. The lowest BCUT2D eigenvalue weighted by atomic mass is 9.83. The average Bonchev–Trinajstić information content (AvgIpc) is 3.00. The van der Waals surface area contributed by atoms with Gasteiger partial charge in [0, 0.05) is 23.7 Å². The fourth-order valence-corrected chi connectivity index (χ4v) is 3.07. The van der Waals surface area contributed by atoms with E-state index in [2.05, 4.69) is 10.3 Å². The number of rotatable bonds is 3. The van der Waals surface area contributed by atoms with Crippen LogP contribution in [0.5, 0.6) is 0 Å². The molecule has 0 saturated heterocycles. The second kappa shape index (κ2) is 5.62. The first-order chi connectivity index (χ1) is 12.5. The molecule has 0 atom stereocenters. The van der Waals surface area contributed by atoms with Gasteiger partial charge in [0.2, 0.25) is 12.1 Å². The van der Waals surface area contributed by atoms with Gasteiger partial charge >= 0.3 is 5.82 Å². The number of imidazole rings is 1. The largest absolute Gasteiger partial charge is 0.406 e. The Morgan fingerprint density at radius 2 is 1.65 bits per heavy atom. The Labute approximate surface area is 147 Å². The predicted molar refractivity (Wildman–Crippen MR) is 92.9 cm³/mol. The number of nitro groups is 1. The molecule has 0 unspecified atom stereocenters. The van der Waals surface area contributed by atoms with Crippen molar-refractivity contribution in [1.29, 1.82) is 0 Å². The molecule has 8 heteroatoms. The third kappa shape index (κ3) is 2.20. The fraction of sp³-hybridized carbons (Fsp3) is 0.0556. The van der Waals surface area contributed by atoms with Crippen molar-refractivity contribution in [2.24, 2.45) is 7.05 Å². The van der Waals surface area contributed by atoms with Gasteiger partial charge in [0.1, 0.15) is 0 Å². The first-order valence-corrected chi connectivity index (χ1v) is 7.73. The number of carbonyl (C=O) groups excluding carboxylic acids is 2. The Kier molecular flexibility index (Phi) is 3.40. The van der Waals surface area contributed by atoms with Crippen LogP contribution >= 0.6 is 0 Å². The highest BCUT2D eigenvalue weighted by Crippen LogP contribution is 2.34. The predicted octanol–water partition coefficient (Wildman–Crippen LogP) is 2.85. The van der Waals surface area contributed by atoms with E-state index in [9.17, 15) is 19.7 Å². The third-order valence-corrected chi connectivity index (χ3v) is 4.30. The number of ketones is 2. The molecule has 0 radical (unpaired) electrons. The summed E-state index contributed by atoms with van der Waals surface area (Å²) in [7, 11) is 1.60. The minimum atomic E-state index is -0.611. The summed E-state index contributed by atoms with van der Waals surface area (Å²) in [6.07, 6.45) is 1.30. The van der Waals surface area contributed by atoms with Crippen molar-refractivity contribution in [2.45, 2.75) is 0 Å². The number of aryl methyl sites for hydroxylation is 1. The van der Waals surface area contributed by atoms with Crippen LogP contribution in [0.3, 0.4) is 0 Å². The molecule has 8 nitrogen and oxygen atoms in total. The van der Waals surface area contributed by atoms with Crippen molar-refractivity contribution in [2.75, 3.05) is 5.32 Å². The minimum absolute atomic E-state index is 0.127. The van der Waals surface area contributed by atoms with Crippen LogP contribution in [0.15, 0.2) is 48.8 Å². The molecule has 1 N–H and O–H groups in total. The van der Waals surface area contributed by atoms with Crippen molar-refractivity contribution in [1.82, 2.24) is 9.55 Å². The average molecular weight is 348 g/mol. The molecule has 128 valence electrons. The highest BCUT2D eigenvalue weighted by atomic mass is 16.6. The molecule has 1 aliphatic carbocycles. The van der Waals surface area contributed by atoms with Crippen molar-refractivity contribution in [3.05, 3.63) is 81.2 Å². The molecule has 3 aromatic rings. The Morgan fingerprint density at radius 1 is 1.00 bits per heavy atom. The van der Waals surface area contributed by atoms with Crippen LogP contribution in [-0.2, 0) is 7.05 Å². The van der Waals surface area contributed by atoms with Crippen LogP contribution < -0.4 is 5.32 Å². The maximum atomic E-state index is 13.0. The fourth-order valence-electron chi connectivity index (χ4n) is 3.07. The molecule has 26 heavy (non-hydrogen) atoms. The Balaban J connectivity index is 1.87. The number of hydrogen-bond donors (Lipinski definition) is 1. The summed E-state index contributed by atoms with van der Waals surface area (Å²) in [4.78, 5) is 40.0. The highest BCUT2D eigenvalue weighted by Gasteiger charge is 2.32. The van der Waals surface area contributed by atoms with Crippen LogP contribution in [0.1, 0.15) is 31.8 Å². The molecule has 1 aliphatic rings. The first-order valence-electron chi connectivity index (χ1n) is 7.73. The smallest absolute Gasteiger partial charge is 0.358 e. The number of benzene rings is 2. The maximum absolute atomic E-state index is 13.0. The van der Waals surface area contributed by atoms with Gasteiger partial charge < -0.3 is 15.4 Å². The van der Waals surface area contributed by atoms with E-state index in [0.717, 1.165) is 0 Å². The van der Waals surface area contributed by atoms with Crippen molar-refractivity contribution in [3.63, 3.8) is 0 Å². The zero-order valence-electron chi connectivity index (χ0n) is 13.6. The van der Waals surface area contributed by atoms with Crippen LogP contribution in [0, 0.1) is 10.1 Å². The molecular weight excluding hydrogens is 336 g/mol. The molecule has 0 amide bonds. The summed E-state index contributed by atoms with van der Waals surface area (Å²) in [6.45, 7) is 0. The molecule has 0 fully saturated rings. The number of fused-ring (bicyclic) bond motifs is 2. The lowest BCUT2D eigenvalue weighted by Crippen LogP contribution is -2.22. The van der Waals surface area contributed by atoms with Gasteiger partial charge in [0.15, 0.2) is 11.6 Å². The quantitative estimate of drug-likeness (QED) is 0.451. The van der Waals surface area contributed by atoms with E-state index in [4.69, 9.17) is 0 Å². The third-order valence-electron chi connectivity index (χ3n) is 4.30. The van der Waals surface area contributed by atoms with Crippen LogP contribution in [0.2, 0.25) is 0 Å². The standard InChI is InChI=1S/C18H12N4O4/c1-21-9-19-17(22(25)26)18(21)20-13-8-4-7-12-14(13)16(24)11-6-3-2-5-10(11)15(12)23/h2-9,20H,1H3. The number of hydrogen-bond acceptors (Lipinski definition) is 6. The van der Waals surface area contributed by atoms with E-state index in [1.165, 1.54) is 10.9 Å². The van der Waals surface area contributed by atoms with Gasteiger partial charge in [-0.1, -0.05) is 36.4 Å². The normalized spacial score (nSPS) is 12.5. The maximum Gasteiger partial charge on any atom is 0.406 e. The molecule has 0 saturated carbocycles. The summed E-state index contributed by atoms with van der Waals surface area (Å²) >= 11 is 0. The number of nitrogens with one attached hydrogen (secondary N) is 1. The van der Waals surface area contributed by atoms with E-state index < -0.39 is 4.92 Å². The molecule has 4 rings (SSSR count). The first kappa shape index (κ1) is 15.7. The number of anilines is 2. The van der Waals surface area contributed by atoms with Gasteiger partial charge in [0.05, 0.1) is 11.3 Å². The van der Waals surface area contributed by atoms with Gasteiger partial charge in [0.25, 0.3) is 0 Å². The summed E-state index contributed by atoms with van der Waals surface area (Å²) < 4.78 is 1.45. The van der Waals surface area contributed by atoms with Crippen molar-refractivity contribution in [3.8, 4) is 0 Å². The number of aromatic nitrogens is 2. The van der Waals surface area contributed by atoms with Gasteiger partial charge in [-0.3, -0.25) is 14.2 Å². The zero-order valence-corrected chi connectivity index (χ0v) is 13.6. The highest BCUT2D eigenvalue weighted by molar-refractivity contribution is 6.30. The Bertz CT molecular complexity index is 1100. The van der Waals surface area contributed by atoms with E-state index in [-0.39, 0.29) is 34.3 Å². The number of carbonyl (C=O) groups is 2. The SMILES string of the molecule is Cn1cnc([N+](=O)[O-])c1Nc1cccc2c1C(=O)c1ccccc1C2=O. The van der Waals surface area contributed by atoms with Crippen LogP contribution in [0.25, 0.3) is 0 Å². The topological polar surface area (TPSA) is 107 Å². The van der Waals surface area contributed by atoms with E-state index >= 15 is 0 Å². The van der Waals surface area contributed by atoms with Gasteiger partial charge in [-0.15, -0.1) is 0 Å². The molecule has 2 aromatic carbocycles. The summed E-state index contributed by atoms with van der Waals surface area (Å²) in [6, 6.07) is 11.4. The lowest BCUT2D eigenvalue weighted by molar-refractivity contribution is -0.388. The van der Waals surface area contributed by atoms with Crippen molar-refractivity contribution >= 4 is 28.9 Å².